The van der Waals surface area contributed by atoms with Gasteiger partial charge in [0, 0.05) is 4.88 Å². The minimum absolute atomic E-state index is 0.235. The van der Waals surface area contributed by atoms with Gasteiger partial charge in [-0.15, -0.1) is 11.3 Å². The van der Waals surface area contributed by atoms with E-state index in [2.05, 4.69) is 4.74 Å². The summed E-state index contributed by atoms with van der Waals surface area (Å²) in [4.78, 5) is 11.4. The van der Waals surface area contributed by atoms with Crippen LogP contribution in [0.15, 0.2) is 12.1 Å². The fourth-order valence-electron chi connectivity index (χ4n) is 1.22. The summed E-state index contributed by atoms with van der Waals surface area (Å²) in [6.45, 7) is 2.71. The lowest BCUT2D eigenvalue weighted by Crippen LogP contribution is -2.49. The van der Waals surface area contributed by atoms with E-state index in [1.807, 2.05) is 0 Å². The van der Waals surface area contributed by atoms with E-state index in [1.54, 1.807) is 6.92 Å². The van der Waals surface area contributed by atoms with E-state index < -0.39 is 22.6 Å². The van der Waals surface area contributed by atoms with Crippen LogP contribution in [-0.2, 0) is 15.1 Å². The molecule has 1 aromatic rings. The Bertz CT molecular complexity index is 413. The van der Waals surface area contributed by atoms with Crippen LogP contribution in [0.5, 0.6) is 0 Å². The topological polar surface area (TPSA) is 46.5 Å². The molecule has 1 rings (SSSR count). The Morgan fingerprint density at radius 3 is 2.41 bits per heavy atom. The number of carbonyl (C=O) groups is 1. The van der Waals surface area contributed by atoms with Gasteiger partial charge in [0.2, 0.25) is 0 Å². The minimum atomic E-state index is -5.11. The molecule has 0 spiro atoms. The second kappa shape index (κ2) is 4.66. The van der Waals surface area contributed by atoms with Gasteiger partial charge < -0.3 is 9.84 Å². The van der Waals surface area contributed by atoms with Crippen molar-refractivity contribution in [3.8, 4) is 0 Å². The Kier molecular flexibility index (Phi) is 3.83. The smallest absolute Gasteiger partial charge is 0.433 e. The molecule has 1 heterocycles. The van der Waals surface area contributed by atoms with Crippen LogP contribution < -0.4 is 0 Å². The van der Waals surface area contributed by atoms with E-state index >= 15 is 0 Å². The van der Waals surface area contributed by atoms with E-state index in [1.165, 1.54) is 13.0 Å². The maximum absolute atomic E-state index is 12.8. The molecule has 1 N–H and O–H groups in total. The largest absolute Gasteiger partial charge is 0.463 e. The number of rotatable bonds is 3. The van der Waals surface area contributed by atoms with Gasteiger partial charge in [-0.1, -0.05) is 0 Å². The van der Waals surface area contributed by atoms with Crippen molar-refractivity contribution >= 4 is 17.3 Å². The third-order valence-corrected chi connectivity index (χ3v) is 3.19. The number of esters is 1. The summed E-state index contributed by atoms with van der Waals surface area (Å²) in [5.41, 5.74) is -3.58. The van der Waals surface area contributed by atoms with Crippen molar-refractivity contribution in [3.63, 3.8) is 0 Å². The van der Waals surface area contributed by atoms with Crippen molar-refractivity contribution in [1.82, 2.24) is 0 Å². The molecule has 0 aliphatic carbocycles. The van der Waals surface area contributed by atoms with Crippen LogP contribution >= 0.6 is 11.3 Å². The molecule has 0 saturated heterocycles. The van der Waals surface area contributed by atoms with Gasteiger partial charge in [0.15, 0.2) is 0 Å². The molecule has 0 unspecified atom stereocenters. The first-order valence-electron chi connectivity index (χ1n) is 4.76. The number of hydrogen-bond acceptors (Lipinski definition) is 4. The molecule has 1 atom stereocenters. The van der Waals surface area contributed by atoms with Gasteiger partial charge in [0.25, 0.3) is 5.60 Å². The van der Waals surface area contributed by atoms with Gasteiger partial charge in [-0.2, -0.15) is 13.2 Å². The van der Waals surface area contributed by atoms with Crippen molar-refractivity contribution < 1.29 is 27.8 Å². The van der Waals surface area contributed by atoms with Crippen LogP contribution in [0.1, 0.15) is 16.7 Å². The Hall–Kier alpha value is -1.08. The lowest BCUT2D eigenvalue weighted by atomic mass is 10.0. The van der Waals surface area contributed by atoms with Crippen LogP contribution in [0.25, 0.3) is 0 Å². The van der Waals surface area contributed by atoms with Crippen LogP contribution in [-0.4, -0.2) is 23.9 Å². The Labute approximate surface area is 99.8 Å². The van der Waals surface area contributed by atoms with E-state index in [9.17, 15) is 23.1 Å². The lowest BCUT2D eigenvalue weighted by Gasteiger charge is -2.26. The standard InChI is InChI=1S/C10H11F3O3S/c1-3-16-8(14)9(15,10(11,12)13)7-5-4-6(2)17-7/h4-5,15H,3H2,1-2H3/t9-/m1/s1. The molecular weight excluding hydrogens is 257 g/mol. The molecule has 0 amide bonds. The van der Waals surface area contributed by atoms with Gasteiger partial charge in [-0.3, -0.25) is 0 Å². The highest BCUT2D eigenvalue weighted by molar-refractivity contribution is 7.12. The van der Waals surface area contributed by atoms with Gasteiger partial charge in [0.1, 0.15) is 0 Å². The molecular formula is C10H11F3O3S. The van der Waals surface area contributed by atoms with E-state index in [0.717, 1.165) is 6.07 Å². The maximum Gasteiger partial charge on any atom is 0.433 e. The molecule has 96 valence electrons. The molecule has 17 heavy (non-hydrogen) atoms. The molecule has 0 aromatic carbocycles. The molecule has 0 fully saturated rings. The number of hydrogen-bond donors (Lipinski definition) is 1. The highest BCUT2D eigenvalue weighted by Gasteiger charge is 2.63. The number of carbonyl (C=O) groups excluding carboxylic acids is 1. The van der Waals surface area contributed by atoms with Crippen molar-refractivity contribution in [1.29, 1.82) is 0 Å². The molecule has 0 aliphatic heterocycles. The zero-order valence-corrected chi connectivity index (χ0v) is 9.98. The molecule has 3 nitrogen and oxygen atoms in total. The highest BCUT2D eigenvalue weighted by Crippen LogP contribution is 2.42. The summed E-state index contributed by atoms with van der Waals surface area (Å²) in [6.07, 6.45) is -5.11. The quantitative estimate of drug-likeness (QED) is 0.856. The summed E-state index contributed by atoms with van der Waals surface area (Å²) >= 11 is 0.705. The Morgan fingerprint density at radius 1 is 1.47 bits per heavy atom. The van der Waals surface area contributed by atoms with Crippen molar-refractivity contribution in [2.75, 3.05) is 6.61 Å². The zero-order valence-electron chi connectivity index (χ0n) is 9.17. The normalized spacial score (nSPS) is 15.4. The average molecular weight is 268 g/mol. The van der Waals surface area contributed by atoms with E-state index in [-0.39, 0.29) is 6.61 Å². The third-order valence-electron chi connectivity index (χ3n) is 2.08. The summed E-state index contributed by atoms with van der Waals surface area (Å²) < 4.78 is 42.8. The second-order valence-corrected chi connectivity index (χ2v) is 4.63. The fourth-order valence-corrected chi connectivity index (χ4v) is 2.19. The number of ether oxygens (including phenoxy) is 1. The SMILES string of the molecule is CCOC(=O)[C@](O)(c1ccc(C)s1)C(F)(F)F. The molecule has 0 bridgehead atoms. The van der Waals surface area contributed by atoms with Crippen LogP contribution in [0.2, 0.25) is 0 Å². The van der Waals surface area contributed by atoms with E-state index in [4.69, 9.17) is 0 Å². The second-order valence-electron chi connectivity index (χ2n) is 3.34. The summed E-state index contributed by atoms with van der Waals surface area (Å²) in [5, 5.41) is 9.64. The maximum atomic E-state index is 12.8. The van der Waals surface area contributed by atoms with Gasteiger partial charge in [0.05, 0.1) is 11.5 Å². The number of aliphatic hydroxyl groups is 1. The number of aryl methyl sites for hydroxylation is 1. The lowest BCUT2D eigenvalue weighted by molar-refractivity contribution is -0.266. The molecule has 1 aromatic heterocycles. The molecule has 0 aliphatic rings. The third kappa shape index (κ3) is 2.44. The Morgan fingerprint density at radius 2 is 2.06 bits per heavy atom. The zero-order chi connectivity index (χ0) is 13.3. The Balaban J connectivity index is 3.25. The molecule has 0 saturated carbocycles. The van der Waals surface area contributed by atoms with Gasteiger partial charge in [-0.25, -0.2) is 4.79 Å². The summed E-state index contributed by atoms with van der Waals surface area (Å²) in [6, 6.07) is 2.47. The monoisotopic (exact) mass is 268 g/mol. The first-order valence-corrected chi connectivity index (χ1v) is 5.58. The highest BCUT2D eigenvalue weighted by atomic mass is 32.1. The van der Waals surface area contributed by atoms with Crippen LogP contribution in [0.4, 0.5) is 13.2 Å². The fraction of sp³-hybridized carbons (Fsp3) is 0.500. The molecule has 0 radical (unpaired) electrons. The summed E-state index contributed by atoms with van der Waals surface area (Å²) in [5.74, 6) is -1.70. The number of alkyl halides is 3. The van der Waals surface area contributed by atoms with Gasteiger partial charge >= 0.3 is 12.1 Å². The predicted molar refractivity (Wildman–Crippen MR) is 55.6 cm³/mol. The van der Waals surface area contributed by atoms with Crippen molar-refractivity contribution in [3.05, 3.63) is 21.9 Å². The molecule has 7 heteroatoms. The average Bonchev–Trinajstić information content (AvgIpc) is 2.62. The van der Waals surface area contributed by atoms with Gasteiger partial charge in [-0.05, 0) is 26.0 Å². The van der Waals surface area contributed by atoms with Crippen molar-refractivity contribution in [2.24, 2.45) is 0 Å². The number of halogens is 3. The van der Waals surface area contributed by atoms with Crippen LogP contribution in [0.3, 0.4) is 0 Å². The van der Waals surface area contributed by atoms with Crippen LogP contribution in [0, 0.1) is 6.92 Å². The number of thiophene rings is 1. The van der Waals surface area contributed by atoms with Crippen molar-refractivity contribution in [2.45, 2.75) is 25.6 Å². The first kappa shape index (κ1) is 14.0. The minimum Gasteiger partial charge on any atom is -0.463 e. The first-order chi connectivity index (χ1) is 7.73. The predicted octanol–water partition coefficient (Wildman–Crippen LogP) is 2.37. The summed E-state index contributed by atoms with van der Waals surface area (Å²) in [7, 11) is 0. The van der Waals surface area contributed by atoms with E-state index in [0.29, 0.717) is 16.2 Å².